The Kier molecular flexibility index (Phi) is 2.64. The van der Waals surface area contributed by atoms with E-state index in [1.54, 1.807) is 18.6 Å². The zero-order valence-electron chi connectivity index (χ0n) is 8.27. The third kappa shape index (κ3) is 1.52. The maximum atomic E-state index is 14.6. The van der Waals surface area contributed by atoms with Gasteiger partial charge in [0.15, 0.2) is 5.67 Å². The molecule has 15 heavy (non-hydrogen) atoms. The first-order chi connectivity index (χ1) is 6.79. The fourth-order valence-corrected chi connectivity index (χ4v) is 2.61. The Labute approximate surface area is 94.1 Å². The molecule has 0 aliphatic carbocycles. The lowest BCUT2D eigenvalue weighted by Crippen LogP contribution is -2.36. The van der Waals surface area contributed by atoms with Crippen LogP contribution in [0.4, 0.5) is 4.39 Å². The predicted octanol–water partition coefficient (Wildman–Crippen LogP) is 1.40. The second-order valence-electron chi connectivity index (χ2n) is 4.17. The van der Waals surface area contributed by atoms with Crippen molar-refractivity contribution in [3.8, 4) is 0 Å². The van der Waals surface area contributed by atoms with E-state index in [0.29, 0.717) is 12.2 Å². The molecule has 2 aliphatic rings. The van der Waals surface area contributed by atoms with E-state index in [9.17, 15) is 4.39 Å². The first kappa shape index (κ1) is 10.8. The second-order valence-corrected chi connectivity index (χ2v) is 4.17. The third-order valence-electron chi connectivity index (χ3n) is 3.36. The van der Waals surface area contributed by atoms with Crippen LogP contribution in [0, 0.1) is 5.92 Å². The standard InChI is InChI=1S/C10H12FN3.ClH/c11-10(9-5-12-2-3-13-9)7-14-4-1-8(10)6-14;/h2-3,5,8H,1,4,6-7H2;1H. The lowest BCUT2D eigenvalue weighted by atomic mass is 9.87. The molecule has 5 heteroatoms. The summed E-state index contributed by atoms with van der Waals surface area (Å²) in [6, 6.07) is 0. The molecule has 2 saturated heterocycles. The molecule has 2 aliphatic heterocycles. The highest BCUT2D eigenvalue weighted by atomic mass is 35.5. The van der Waals surface area contributed by atoms with Gasteiger partial charge in [0.25, 0.3) is 0 Å². The number of aromatic nitrogens is 2. The van der Waals surface area contributed by atoms with Gasteiger partial charge in [0.05, 0.1) is 11.9 Å². The zero-order valence-corrected chi connectivity index (χ0v) is 9.08. The molecule has 2 fully saturated rings. The lowest BCUT2D eigenvalue weighted by molar-refractivity contribution is 0.0861. The molecule has 1 aromatic heterocycles. The van der Waals surface area contributed by atoms with Crippen molar-refractivity contribution in [2.24, 2.45) is 5.92 Å². The van der Waals surface area contributed by atoms with Crippen molar-refractivity contribution in [3.05, 3.63) is 24.3 Å². The first-order valence-electron chi connectivity index (χ1n) is 4.97. The minimum Gasteiger partial charge on any atom is -0.299 e. The summed E-state index contributed by atoms with van der Waals surface area (Å²) in [5, 5.41) is 0. The van der Waals surface area contributed by atoms with E-state index >= 15 is 0 Å². The van der Waals surface area contributed by atoms with Crippen molar-refractivity contribution >= 4 is 12.4 Å². The maximum Gasteiger partial charge on any atom is 0.170 e. The molecule has 2 bridgehead atoms. The summed E-state index contributed by atoms with van der Waals surface area (Å²) in [5.41, 5.74) is -0.737. The maximum absolute atomic E-state index is 14.6. The SMILES string of the molecule is Cl.FC1(c2cnccn2)CN2CCC1C2. The zero-order chi connectivity index (χ0) is 9.60. The fourth-order valence-electron chi connectivity index (χ4n) is 2.61. The van der Waals surface area contributed by atoms with Gasteiger partial charge in [-0.15, -0.1) is 12.4 Å². The highest BCUT2D eigenvalue weighted by Gasteiger charge is 2.52. The van der Waals surface area contributed by atoms with Crippen LogP contribution in [-0.2, 0) is 5.67 Å². The topological polar surface area (TPSA) is 29.0 Å². The van der Waals surface area contributed by atoms with Gasteiger partial charge in [-0.3, -0.25) is 14.9 Å². The summed E-state index contributed by atoms with van der Waals surface area (Å²) in [4.78, 5) is 10.2. The molecule has 3 nitrogen and oxygen atoms in total. The van der Waals surface area contributed by atoms with Gasteiger partial charge in [-0.2, -0.15) is 0 Å². The van der Waals surface area contributed by atoms with Gasteiger partial charge >= 0.3 is 0 Å². The largest absolute Gasteiger partial charge is 0.299 e. The van der Waals surface area contributed by atoms with Crippen LogP contribution in [0.2, 0.25) is 0 Å². The predicted molar refractivity (Wildman–Crippen MR) is 56.6 cm³/mol. The van der Waals surface area contributed by atoms with Crippen LogP contribution in [0.3, 0.4) is 0 Å². The molecule has 0 saturated carbocycles. The number of rotatable bonds is 1. The molecule has 0 N–H and O–H groups in total. The van der Waals surface area contributed by atoms with Crippen molar-refractivity contribution in [1.29, 1.82) is 0 Å². The summed E-state index contributed by atoms with van der Waals surface area (Å²) in [7, 11) is 0. The van der Waals surface area contributed by atoms with Crippen molar-refractivity contribution < 1.29 is 4.39 Å². The average Bonchev–Trinajstić information content (AvgIpc) is 2.79. The molecular weight excluding hydrogens is 217 g/mol. The van der Waals surface area contributed by atoms with Gasteiger partial charge in [-0.1, -0.05) is 0 Å². The summed E-state index contributed by atoms with van der Waals surface area (Å²) >= 11 is 0. The van der Waals surface area contributed by atoms with Crippen molar-refractivity contribution in [3.63, 3.8) is 0 Å². The van der Waals surface area contributed by atoms with Crippen LogP contribution in [-0.4, -0.2) is 34.5 Å². The Bertz CT molecular complexity index is 348. The Morgan fingerprint density at radius 3 is 2.87 bits per heavy atom. The van der Waals surface area contributed by atoms with E-state index < -0.39 is 5.67 Å². The Hall–Kier alpha value is -0.740. The number of alkyl halides is 1. The molecule has 3 rings (SSSR count). The molecule has 3 unspecified atom stereocenters. The van der Waals surface area contributed by atoms with Crippen molar-refractivity contribution in [2.45, 2.75) is 12.1 Å². The van der Waals surface area contributed by atoms with Gasteiger partial charge in [0, 0.05) is 31.4 Å². The Balaban J connectivity index is 0.000000853. The smallest absolute Gasteiger partial charge is 0.170 e. The van der Waals surface area contributed by atoms with Gasteiger partial charge in [-0.25, -0.2) is 4.39 Å². The summed E-state index contributed by atoms with van der Waals surface area (Å²) in [6.07, 6.45) is 5.66. The van der Waals surface area contributed by atoms with E-state index in [1.165, 1.54) is 0 Å². The molecular formula is C10H13ClFN3. The first-order valence-corrected chi connectivity index (χ1v) is 4.97. The molecule has 3 heterocycles. The summed E-state index contributed by atoms with van der Waals surface area (Å²) in [5.74, 6) is 0.124. The van der Waals surface area contributed by atoms with E-state index in [0.717, 1.165) is 19.5 Å². The number of halogens is 2. The highest BCUT2D eigenvalue weighted by molar-refractivity contribution is 5.85. The molecule has 3 atom stereocenters. The van der Waals surface area contributed by atoms with E-state index in [2.05, 4.69) is 14.9 Å². The van der Waals surface area contributed by atoms with Crippen LogP contribution in [0.15, 0.2) is 18.6 Å². The lowest BCUT2D eigenvalue weighted by Gasteiger charge is -2.28. The van der Waals surface area contributed by atoms with Gasteiger partial charge < -0.3 is 0 Å². The van der Waals surface area contributed by atoms with Crippen LogP contribution in [0.1, 0.15) is 12.1 Å². The molecule has 0 spiro atoms. The normalized spacial score (nSPS) is 37.7. The summed E-state index contributed by atoms with van der Waals surface area (Å²) in [6.45, 7) is 2.42. The van der Waals surface area contributed by atoms with Gasteiger partial charge in [-0.05, 0) is 13.0 Å². The third-order valence-corrected chi connectivity index (χ3v) is 3.36. The minimum absolute atomic E-state index is 0. The second kappa shape index (κ2) is 3.68. The quantitative estimate of drug-likeness (QED) is 0.729. The fraction of sp³-hybridized carbons (Fsp3) is 0.600. The molecule has 1 aromatic rings. The van der Waals surface area contributed by atoms with Crippen LogP contribution < -0.4 is 0 Å². The number of hydrogen-bond acceptors (Lipinski definition) is 3. The average molecular weight is 230 g/mol. The van der Waals surface area contributed by atoms with E-state index in [4.69, 9.17) is 0 Å². The van der Waals surface area contributed by atoms with Crippen molar-refractivity contribution in [2.75, 3.05) is 19.6 Å². The Morgan fingerprint density at radius 2 is 2.33 bits per heavy atom. The van der Waals surface area contributed by atoms with Gasteiger partial charge in [0.2, 0.25) is 0 Å². The van der Waals surface area contributed by atoms with E-state index in [1.807, 2.05) is 0 Å². The Morgan fingerprint density at radius 1 is 1.47 bits per heavy atom. The van der Waals surface area contributed by atoms with E-state index in [-0.39, 0.29) is 18.3 Å². The number of nitrogens with zero attached hydrogens (tertiary/aromatic N) is 3. The minimum atomic E-state index is -1.24. The number of piperidine rings is 1. The molecule has 0 aromatic carbocycles. The summed E-state index contributed by atoms with van der Waals surface area (Å²) < 4.78 is 14.6. The highest BCUT2D eigenvalue weighted by Crippen LogP contribution is 2.45. The van der Waals surface area contributed by atoms with Crippen LogP contribution in [0.5, 0.6) is 0 Å². The van der Waals surface area contributed by atoms with Crippen LogP contribution in [0.25, 0.3) is 0 Å². The molecule has 0 amide bonds. The van der Waals surface area contributed by atoms with Crippen LogP contribution >= 0.6 is 12.4 Å². The number of hydrogen-bond donors (Lipinski definition) is 0. The monoisotopic (exact) mass is 229 g/mol. The number of fused-ring (bicyclic) bond motifs is 2. The molecule has 0 radical (unpaired) electrons. The van der Waals surface area contributed by atoms with Crippen molar-refractivity contribution in [1.82, 2.24) is 14.9 Å². The van der Waals surface area contributed by atoms with Gasteiger partial charge in [0.1, 0.15) is 0 Å². The molecule has 82 valence electrons.